The molecule has 0 spiro atoms. The van der Waals surface area contributed by atoms with Gasteiger partial charge < -0.3 is 5.32 Å². The van der Waals surface area contributed by atoms with E-state index in [4.69, 9.17) is 0 Å². The van der Waals surface area contributed by atoms with E-state index in [0.29, 0.717) is 18.2 Å². The molecule has 1 saturated carbocycles. The summed E-state index contributed by atoms with van der Waals surface area (Å²) in [4.78, 5) is 0. The normalized spacial score (nSPS) is 16.1. The zero-order valence-electron chi connectivity index (χ0n) is 12.5. The zero-order chi connectivity index (χ0) is 14.7. The standard InChI is InChI=1S/C17H22FN3/c1-13-11-14(7-8-17(13)18)19-12-15-9-10-21(20-15)16-5-3-2-4-6-16/h7-11,16,19H,2-6,12H2,1H3. The molecule has 3 rings (SSSR count). The van der Waals surface area contributed by atoms with Gasteiger partial charge in [-0.3, -0.25) is 4.68 Å². The molecule has 21 heavy (non-hydrogen) atoms. The average molecular weight is 287 g/mol. The lowest BCUT2D eigenvalue weighted by molar-refractivity contribution is 0.328. The molecular weight excluding hydrogens is 265 g/mol. The predicted molar refractivity (Wildman–Crippen MR) is 82.8 cm³/mol. The number of benzene rings is 1. The monoisotopic (exact) mass is 287 g/mol. The maximum absolute atomic E-state index is 13.2. The van der Waals surface area contributed by atoms with Crippen LogP contribution < -0.4 is 5.32 Å². The van der Waals surface area contributed by atoms with Gasteiger partial charge in [-0.2, -0.15) is 5.10 Å². The minimum absolute atomic E-state index is 0.165. The highest BCUT2D eigenvalue weighted by Gasteiger charge is 2.15. The summed E-state index contributed by atoms with van der Waals surface area (Å²) in [6.07, 6.45) is 8.55. The summed E-state index contributed by atoms with van der Waals surface area (Å²) in [6, 6.07) is 7.73. The van der Waals surface area contributed by atoms with Gasteiger partial charge in [0.2, 0.25) is 0 Å². The van der Waals surface area contributed by atoms with Gasteiger partial charge in [0, 0.05) is 11.9 Å². The molecule has 0 radical (unpaired) electrons. The van der Waals surface area contributed by atoms with Crippen molar-refractivity contribution in [1.82, 2.24) is 9.78 Å². The Morgan fingerprint density at radius 3 is 2.81 bits per heavy atom. The topological polar surface area (TPSA) is 29.9 Å². The molecule has 1 heterocycles. The summed E-state index contributed by atoms with van der Waals surface area (Å²) in [5.74, 6) is -0.165. The van der Waals surface area contributed by atoms with Crippen LogP contribution in [0.1, 0.15) is 49.4 Å². The molecule has 0 unspecified atom stereocenters. The number of hydrogen-bond acceptors (Lipinski definition) is 2. The van der Waals surface area contributed by atoms with Crippen LogP contribution in [0.15, 0.2) is 30.5 Å². The molecule has 4 heteroatoms. The summed E-state index contributed by atoms with van der Waals surface area (Å²) < 4.78 is 15.3. The molecule has 0 bridgehead atoms. The molecule has 1 aromatic carbocycles. The molecule has 112 valence electrons. The van der Waals surface area contributed by atoms with E-state index in [9.17, 15) is 4.39 Å². The number of aromatic nitrogens is 2. The van der Waals surface area contributed by atoms with Crippen LogP contribution in [0.25, 0.3) is 0 Å². The number of nitrogens with zero attached hydrogens (tertiary/aromatic N) is 2. The number of rotatable bonds is 4. The molecule has 1 fully saturated rings. The first-order valence-corrected chi connectivity index (χ1v) is 7.76. The van der Waals surface area contributed by atoms with Crippen molar-refractivity contribution < 1.29 is 4.39 Å². The molecule has 1 aliphatic carbocycles. The van der Waals surface area contributed by atoms with Crippen molar-refractivity contribution in [3.63, 3.8) is 0 Å². The number of aryl methyl sites for hydroxylation is 1. The first-order chi connectivity index (χ1) is 10.2. The van der Waals surface area contributed by atoms with Crippen LogP contribution in [0.2, 0.25) is 0 Å². The average Bonchev–Trinajstić information content (AvgIpc) is 2.98. The molecule has 0 amide bonds. The molecule has 2 aromatic rings. The van der Waals surface area contributed by atoms with E-state index >= 15 is 0 Å². The van der Waals surface area contributed by atoms with Gasteiger partial charge in [-0.05, 0) is 49.6 Å². The van der Waals surface area contributed by atoms with E-state index in [0.717, 1.165) is 11.4 Å². The Balaban J connectivity index is 1.60. The fourth-order valence-corrected chi connectivity index (χ4v) is 2.97. The molecule has 1 N–H and O–H groups in total. The third kappa shape index (κ3) is 3.43. The second-order valence-electron chi connectivity index (χ2n) is 5.90. The van der Waals surface area contributed by atoms with E-state index in [1.807, 2.05) is 6.07 Å². The Labute approximate surface area is 125 Å². The molecule has 1 aliphatic rings. The third-order valence-electron chi connectivity index (χ3n) is 4.24. The summed E-state index contributed by atoms with van der Waals surface area (Å²) in [5, 5.41) is 7.97. The second kappa shape index (κ2) is 6.29. The third-order valence-corrected chi connectivity index (χ3v) is 4.24. The van der Waals surface area contributed by atoms with Crippen LogP contribution in [0, 0.1) is 12.7 Å². The lowest BCUT2D eigenvalue weighted by Crippen LogP contribution is -2.13. The maximum Gasteiger partial charge on any atom is 0.126 e. The van der Waals surface area contributed by atoms with Crippen LogP contribution >= 0.6 is 0 Å². The first kappa shape index (κ1) is 14.1. The van der Waals surface area contributed by atoms with Crippen molar-refractivity contribution in [2.75, 3.05) is 5.32 Å². The van der Waals surface area contributed by atoms with E-state index in [1.165, 1.54) is 38.2 Å². The fourth-order valence-electron chi connectivity index (χ4n) is 2.97. The number of halogens is 1. The Morgan fingerprint density at radius 2 is 2.05 bits per heavy atom. The molecule has 0 aliphatic heterocycles. The Morgan fingerprint density at radius 1 is 1.24 bits per heavy atom. The van der Waals surface area contributed by atoms with Gasteiger partial charge in [-0.1, -0.05) is 19.3 Å². The highest BCUT2D eigenvalue weighted by Crippen LogP contribution is 2.27. The van der Waals surface area contributed by atoms with Crippen LogP contribution in [0.3, 0.4) is 0 Å². The van der Waals surface area contributed by atoms with E-state index in [-0.39, 0.29) is 5.82 Å². The van der Waals surface area contributed by atoms with E-state index < -0.39 is 0 Å². The second-order valence-corrected chi connectivity index (χ2v) is 5.90. The van der Waals surface area contributed by atoms with Gasteiger partial charge in [-0.25, -0.2) is 4.39 Å². The Hall–Kier alpha value is -1.84. The number of anilines is 1. The molecule has 3 nitrogen and oxygen atoms in total. The van der Waals surface area contributed by atoms with Crippen molar-refractivity contribution >= 4 is 5.69 Å². The lowest BCUT2D eigenvalue weighted by Gasteiger charge is -2.21. The summed E-state index contributed by atoms with van der Waals surface area (Å²) >= 11 is 0. The van der Waals surface area contributed by atoms with Crippen molar-refractivity contribution in [2.24, 2.45) is 0 Å². The van der Waals surface area contributed by atoms with Gasteiger partial charge >= 0.3 is 0 Å². The maximum atomic E-state index is 13.2. The fraction of sp³-hybridized carbons (Fsp3) is 0.471. The highest BCUT2D eigenvalue weighted by atomic mass is 19.1. The van der Waals surface area contributed by atoms with Gasteiger partial charge in [-0.15, -0.1) is 0 Å². The summed E-state index contributed by atoms with van der Waals surface area (Å²) in [5.41, 5.74) is 2.62. The van der Waals surface area contributed by atoms with E-state index in [2.05, 4.69) is 27.4 Å². The van der Waals surface area contributed by atoms with Gasteiger partial charge in [0.05, 0.1) is 18.3 Å². The highest BCUT2D eigenvalue weighted by molar-refractivity contribution is 5.46. The molecule has 0 saturated heterocycles. The number of hydrogen-bond donors (Lipinski definition) is 1. The van der Waals surface area contributed by atoms with Crippen molar-refractivity contribution in [3.8, 4) is 0 Å². The van der Waals surface area contributed by atoms with Gasteiger partial charge in [0.25, 0.3) is 0 Å². The largest absolute Gasteiger partial charge is 0.379 e. The summed E-state index contributed by atoms with van der Waals surface area (Å²) in [6.45, 7) is 2.45. The predicted octanol–water partition coefficient (Wildman–Crippen LogP) is 4.45. The van der Waals surface area contributed by atoms with Crippen LogP contribution in [0.4, 0.5) is 10.1 Å². The van der Waals surface area contributed by atoms with Crippen molar-refractivity contribution in [1.29, 1.82) is 0 Å². The minimum atomic E-state index is -0.165. The quantitative estimate of drug-likeness (QED) is 0.900. The molecular formula is C17H22FN3. The van der Waals surface area contributed by atoms with Gasteiger partial charge in [0.15, 0.2) is 0 Å². The first-order valence-electron chi connectivity index (χ1n) is 7.76. The van der Waals surface area contributed by atoms with Crippen LogP contribution in [-0.2, 0) is 6.54 Å². The van der Waals surface area contributed by atoms with Crippen molar-refractivity contribution in [2.45, 2.75) is 51.6 Å². The smallest absolute Gasteiger partial charge is 0.126 e. The molecule has 1 aromatic heterocycles. The Bertz CT molecular complexity index is 600. The lowest BCUT2D eigenvalue weighted by atomic mass is 9.96. The van der Waals surface area contributed by atoms with Crippen LogP contribution in [-0.4, -0.2) is 9.78 Å². The SMILES string of the molecule is Cc1cc(NCc2ccn(C3CCCCC3)n2)ccc1F. The Kier molecular flexibility index (Phi) is 4.23. The zero-order valence-corrected chi connectivity index (χ0v) is 12.5. The van der Waals surface area contributed by atoms with Gasteiger partial charge in [0.1, 0.15) is 5.82 Å². The molecule has 0 atom stereocenters. The van der Waals surface area contributed by atoms with Crippen LogP contribution in [0.5, 0.6) is 0 Å². The number of nitrogens with one attached hydrogen (secondary N) is 1. The minimum Gasteiger partial charge on any atom is -0.379 e. The summed E-state index contributed by atoms with van der Waals surface area (Å²) in [7, 11) is 0. The van der Waals surface area contributed by atoms with E-state index in [1.54, 1.807) is 13.0 Å². The van der Waals surface area contributed by atoms with Crippen molar-refractivity contribution in [3.05, 3.63) is 47.5 Å².